The fourth-order valence-corrected chi connectivity index (χ4v) is 2.02. The Kier molecular flexibility index (Phi) is 1.69. The Morgan fingerprint density at radius 3 is 3.17 bits per heavy atom. The molecular weight excluding hydrogens is 174 g/mol. The lowest BCUT2D eigenvalue weighted by molar-refractivity contribution is -0.107. The summed E-state index contributed by atoms with van der Waals surface area (Å²) < 4.78 is 0. The number of benzene rings is 1. The van der Waals surface area contributed by atoms with Gasteiger partial charge in [0.15, 0.2) is 6.29 Å². The average molecular weight is 181 g/mol. The Labute approximate surface area is 73.8 Å². The van der Waals surface area contributed by atoms with Gasteiger partial charge in [-0.1, -0.05) is 11.8 Å². The molecule has 0 saturated carbocycles. The van der Waals surface area contributed by atoms with E-state index in [0.717, 1.165) is 16.9 Å². The van der Waals surface area contributed by atoms with Crippen LogP contribution >= 0.6 is 11.8 Å². The number of phenols is 1. The van der Waals surface area contributed by atoms with Gasteiger partial charge >= 0.3 is 0 Å². The molecule has 1 aliphatic heterocycles. The van der Waals surface area contributed by atoms with Crippen molar-refractivity contribution in [3.63, 3.8) is 0 Å². The highest BCUT2D eigenvalue weighted by Gasteiger charge is 2.20. The van der Waals surface area contributed by atoms with Crippen molar-refractivity contribution in [1.29, 1.82) is 0 Å². The van der Waals surface area contributed by atoms with Crippen LogP contribution in [0.15, 0.2) is 23.1 Å². The smallest absolute Gasteiger partial charge is 0.152 e. The maximum Gasteiger partial charge on any atom is 0.152 e. The largest absolute Gasteiger partial charge is 0.508 e. The first-order valence-electron chi connectivity index (χ1n) is 3.51. The van der Waals surface area contributed by atoms with Gasteiger partial charge in [0.1, 0.15) is 11.1 Å². The number of aromatic hydroxyl groups is 1. The zero-order valence-corrected chi connectivity index (χ0v) is 6.97. The van der Waals surface area contributed by atoms with E-state index in [9.17, 15) is 4.79 Å². The molecule has 0 saturated heterocycles. The van der Waals surface area contributed by atoms with Gasteiger partial charge in [-0.15, -0.1) is 0 Å². The van der Waals surface area contributed by atoms with Crippen molar-refractivity contribution in [2.45, 2.75) is 10.3 Å². The minimum Gasteiger partial charge on any atom is -0.508 e. The van der Waals surface area contributed by atoms with Crippen LogP contribution in [0.4, 0.5) is 5.69 Å². The summed E-state index contributed by atoms with van der Waals surface area (Å²) in [6, 6.07) is 5.03. The second kappa shape index (κ2) is 2.71. The van der Waals surface area contributed by atoms with Crippen molar-refractivity contribution in [2.75, 3.05) is 5.32 Å². The van der Waals surface area contributed by atoms with Gasteiger partial charge in [-0.2, -0.15) is 0 Å². The Morgan fingerprint density at radius 1 is 1.58 bits per heavy atom. The van der Waals surface area contributed by atoms with E-state index in [4.69, 9.17) is 5.11 Å². The van der Waals surface area contributed by atoms with Crippen molar-refractivity contribution in [3.8, 4) is 5.75 Å². The third kappa shape index (κ3) is 1.14. The van der Waals surface area contributed by atoms with Gasteiger partial charge in [0.05, 0.1) is 5.69 Å². The molecule has 12 heavy (non-hydrogen) atoms. The fourth-order valence-electron chi connectivity index (χ4n) is 1.11. The Morgan fingerprint density at radius 2 is 2.42 bits per heavy atom. The standard InChI is InChI=1S/C8H7NO2S/c10-4-8-9-6-3-5(11)1-2-7(6)12-8/h1-4,8-9,11H. The quantitative estimate of drug-likeness (QED) is 0.643. The lowest BCUT2D eigenvalue weighted by Crippen LogP contribution is -2.10. The third-order valence-electron chi connectivity index (χ3n) is 1.64. The molecule has 0 radical (unpaired) electrons. The van der Waals surface area contributed by atoms with E-state index in [1.54, 1.807) is 18.2 Å². The van der Waals surface area contributed by atoms with Crippen molar-refractivity contribution in [3.05, 3.63) is 18.2 Å². The second-order valence-electron chi connectivity index (χ2n) is 2.50. The van der Waals surface area contributed by atoms with Crippen LogP contribution in [0.5, 0.6) is 5.75 Å². The number of carbonyl (C=O) groups excluding carboxylic acids is 1. The molecule has 62 valence electrons. The van der Waals surface area contributed by atoms with Gasteiger partial charge in [0.2, 0.25) is 0 Å². The predicted octanol–water partition coefficient (Wildman–Crippen LogP) is 1.43. The first kappa shape index (κ1) is 7.49. The number of carbonyl (C=O) groups is 1. The molecule has 1 heterocycles. The van der Waals surface area contributed by atoms with Crippen LogP contribution in [0.2, 0.25) is 0 Å². The molecule has 1 aliphatic rings. The number of aldehydes is 1. The van der Waals surface area contributed by atoms with Crippen LogP contribution < -0.4 is 5.32 Å². The van der Waals surface area contributed by atoms with Gasteiger partial charge < -0.3 is 15.2 Å². The highest BCUT2D eigenvalue weighted by Crippen LogP contribution is 2.39. The summed E-state index contributed by atoms with van der Waals surface area (Å²) in [6.07, 6.45) is 0.849. The van der Waals surface area contributed by atoms with E-state index in [1.165, 1.54) is 11.8 Å². The molecule has 0 bridgehead atoms. The van der Waals surface area contributed by atoms with Gasteiger partial charge in [-0.25, -0.2) is 0 Å². The molecule has 0 aliphatic carbocycles. The number of thioether (sulfide) groups is 1. The Bertz CT molecular complexity index is 327. The monoisotopic (exact) mass is 181 g/mol. The molecule has 2 rings (SSSR count). The summed E-state index contributed by atoms with van der Waals surface area (Å²) >= 11 is 1.45. The maximum atomic E-state index is 10.4. The van der Waals surface area contributed by atoms with Crippen LogP contribution in [0.25, 0.3) is 0 Å². The van der Waals surface area contributed by atoms with Crippen LogP contribution in [-0.2, 0) is 4.79 Å². The summed E-state index contributed by atoms with van der Waals surface area (Å²) in [4.78, 5) is 11.4. The highest BCUT2D eigenvalue weighted by atomic mass is 32.2. The molecule has 4 heteroatoms. The van der Waals surface area contributed by atoms with Crippen LogP contribution in [-0.4, -0.2) is 16.8 Å². The fraction of sp³-hybridized carbons (Fsp3) is 0.125. The Hall–Kier alpha value is -1.16. The topological polar surface area (TPSA) is 49.3 Å². The summed E-state index contributed by atoms with van der Waals surface area (Å²) in [5.74, 6) is 0.216. The Balaban J connectivity index is 2.35. The SMILES string of the molecule is O=CC1Nc2cc(O)ccc2S1. The maximum absolute atomic E-state index is 10.4. The van der Waals surface area contributed by atoms with E-state index in [2.05, 4.69) is 5.32 Å². The summed E-state index contributed by atoms with van der Waals surface area (Å²) in [5, 5.41) is 11.9. The van der Waals surface area contributed by atoms with Gasteiger partial charge in [-0.3, -0.25) is 0 Å². The minimum absolute atomic E-state index is 0.207. The average Bonchev–Trinajstić information content (AvgIpc) is 2.46. The second-order valence-corrected chi connectivity index (χ2v) is 3.68. The highest BCUT2D eigenvalue weighted by molar-refractivity contribution is 8.01. The molecule has 3 nitrogen and oxygen atoms in total. The number of fused-ring (bicyclic) bond motifs is 1. The van der Waals surface area contributed by atoms with Crippen LogP contribution in [0.1, 0.15) is 0 Å². The number of hydrogen-bond acceptors (Lipinski definition) is 4. The third-order valence-corrected chi connectivity index (χ3v) is 2.73. The number of phenolic OH excluding ortho intramolecular Hbond substituents is 1. The van der Waals surface area contributed by atoms with E-state index < -0.39 is 0 Å². The number of hydrogen-bond donors (Lipinski definition) is 2. The van der Waals surface area contributed by atoms with Crippen LogP contribution in [0, 0.1) is 0 Å². The van der Waals surface area contributed by atoms with Gasteiger partial charge in [0.25, 0.3) is 0 Å². The van der Waals surface area contributed by atoms with Crippen molar-refractivity contribution in [1.82, 2.24) is 0 Å². The summed E-state index contributed by atoms with van der Waals surface area (Å²) in [7, 11) is 0. The molecule has 1 atom stereocenters. The predicted molar refractivity (Wildman–Crippen MR) is 47.4 cm³/mol. The molecule has 0 amide bonds. The normalized spacial score (nSPS) is 19.8. The zero-order chi connectivity index (χ0) is 8.55. The van der Waals surface area contributed by atoms with E-state index in [-0.39, 0.29) is 11.1 Å². The molecule has 0 fully saturated rings. The van der Waals surface area contributed by atoms with Gasteiger partial charge in [0, 0.05) is 11.0 Å². The lowest BCUT2D eigenvalue weighted by atomic mass is 10.3. The lowest BCUT2D eigenvalue weighted by Gasteiger charge is -1.99. The molecular formula is C8H7NO2S. The van der Waals surface area contributed by atoms with Gasteiger partial charge in [-0.05, 0) is 12.1 Å². The summed E-state index contributed by atoms with van der Waals surface area (Å²) in [6.45, 7) is 0. The molecule has 2 N–H and O–H groups in total. The first-order valence-corrected chi connectivity index (χ1v) is 4.39. The van der Waals surface area contributed by atoms with Crippen molar-refractivity contribution < 1.29 is 9.90 Å². The molecule has 0 spiro atoms. The molecule has 0 aromatic heterocycles. The van der Waals surface area contributed by atoms with E-state index in [1.807, 2.05) is 0 Å². The first-order chi connectivity index (χ1) is 5.79. The van der Waals surface area contributed by atoms with Crippen molar-refractivity contribution >= 4 is 23.7 Å². The number of anilines is 1. The molecule has 1 aromatic rings. The van der Waals surface area contributed by atoms with E-state index in [0.29, 0.717) is 0 Å². The molecule has 1 aromatic carbocycles. The minimum atomic E-state index is -0.207. The van der Waals surface area contributed by atoms with Crippen LogP contribution in [0.3, 0.4) is 0 Å². The zero-order valence-electron chi connectivity index (χ0n) is 6.15. The number of rotatable bonds is 1. The van der Waals surface area contributed by atoms with Crippen molar-refractivity contribution in [2.24, 2.45) is 0 Å². The molecule has 1 unspecified atom stereocenters. The number of nitrogens with one attached hydrogen (secondary N) is 1. The van der Waals surface area contributed by atoms with E-state index >= 15 is 0 Å². The summed E-state index contributed by atoms with van der Waals surface area (Å²) in [5.41, 5.74) is 0.831.